The maximum atomic E-state index is 11.5. The summed E-state index contributed by atoms with van der Waals surface area (Å²) in [6.07, 6.45) is 0.692. The monoisotopic (exact) mass is 382 g/mol. The van der Waals surface area contributed by atoms with Gasteiger partial charge in [0.25, 0.3) is 0 Å². The van der Waals surface area contributed by atoms with Crippen LogP contribution in [-0.4, -0.2) is 24.5 Å². The van der Waals surface area contributed by atoms with E-state index in [0.717, 1.165) is 0 Å². The number of ketones is 1. The number of hydrogen-bond acceptors (Lipinski definition) is 3. The van der Waals surface area contributed by atoms with Gasteiger partial charge in [0.05, 0.1) is 12.4 Å². The molecule has 1 rings (SSSR count). The summed E-state index contributed by atoms with van der Waals surface area (Å²) in [4.78, 5) is 22.4. The summed E-state index contributed by atoms with van der Waals surface area (Å²) in [7, 11) is 1.52. The Morgan fingerprint density at radius 2 is 2.27 bits per heavy atom. The lowest BCUT2D eigenvalue weighted by Gasteiger charge is -2.07. The van der Waals surface area contributed by atoms with Gasteiger partial charge in [-0.05, 0) is 34.7 Å². The van der Waals surface area contributed by atoms with E-state index in [4.69, 9.17) is 4.74 Å². The molecule has 0 N–H and O–H groups in total. The first-order valence-corrected chi connectivity index (χ1v) is 6.26. The minimum Gasteiger partial charge on any atom is -0.497 e. The smallest absolute Gasteiger partial charge is 0.174 e. The molecule has 1 aromatic carbocycles. The third kappa shape index (κ3) is 2.78. The van der Waals surface area contributed by atoms with Crippen LogP contribution in [0.2, 0.25) is 0 Å². The minimum atomic E-state index is -0.131. The molecule has 3 nitrogen and oxygen atoms in total. The van der Waals surface area contributed by atoms with Gasteiger partial charge in [-0.25, -0.2) is 0 Å². The molecule has 0 atom stereocenters. The molecule has 1 aromatic rings. The number of benzene rings is 1. The molecular weight excluding hydrogens is 375 g/mol. The quantitative estimate of drug-likeness (QED) is 0.348. The molecule has 15 heavy (non-hydrogen) atoms. The van der Waals surface area contributed by atoms with Crippen molar-refractivity contribution in [2.24, 2.45) is 0 Å². The van der Waals surface area contributed by atoms with Crippen molar-refractivity contribution in [3.8, 4) is 5.75 Å². The fourth-order valence-corrected chi connectivity index (χ4v) is 2.16. The van der Waals surface area contributed by atoms with Gasteiger partial charge < -0.3 is 4.74 Å². The SMILES string of the molecule is COc1cc(I)c(C=O)c(C(=O)CBr)c1. The van der Waals surface area contributed by atoms with Crippen LogP contribution in [0.1, 0.15) is 20.7 Å². The molecule has 80 valence electrons. The Hall–Kier alpha value is -0.430. The second kappa shape index (κ2) is 5.60. The van der Waals surface area contributed by atoms with E-state index < -0.39 is 0 Å². The number of methoxy groups -OCH3 is 1. The number of rotatable bonds is 4. The van der Waals surface area contributed by atoms with E-state index in [1.807, 2.05) is 22.6 Å². The zero-order valence-corrected chi connectivity index (χ0v) is 11.7. The van der Waals surface area contributed by atoms with Gasteiger partial charge in [0.15, 0.2) is 12.1 Å². The van der Waals surface area contributed by atoms with E-state index in [1.54, 1.807) is 12.1 Å². The van der Waals surface area contributed by atoms with Gasteiger partial charge in [0, 0.05) is 14.7 Å². The first-order chi connectivity index (χ1) is 7.13. The lowest BCUT2D eigenvalue weighted by atomic mass is 10.1. The van der Waals surface area contributed by atoms with E-state index >= 15 is 0 Å². The van der Waals surface area contributed by atoms with Gasteiger partial charge in [0.2, 0.25) is 0 Å². The molecule has 0 bridgehead atoms. The Kier molecular flexibility index (Phi) is 4.72. The summed E-state index contributed by atoms with van der Waals surface area (Å²) in [6.45, 7) is 0. The molecule has 0 unspecified atom stereocenters. The molecule has 0 aliphatic rings. The topological polar surface area (TPSA) is 43.4 Å². The molecule has 0 amide bonds. The zero-order valence-electron chi connectivity index (χ0n) is 7.92. The lowest BCUT2D eigenvalue weighted by Crippen LogP contribution is -2.06. The Morgan fingerprint density at radius 1 is 1.60 bits per heavy atom. The van der Waals surface area contributed by atoms with E-state index in [-0.39, 0.29) is 11.1 Å². The van der Waals surface area contributed by atoms with Gasteiger partial charge in [-0.3, -0.25) is 9.59 Å². The largest absolute Gasteiger partial charge is 0.497 e. The van der Waals surface area contributed by atoms with Crippen molar-refractivity contribution in [2.75, 3.05) is 12.4 Å². The van der Waals surface area contributed by atoms with Crippen LogP contribution in [0.4, 0.5) is 0 Å². The summed E-state index contributed by atoms with van der Waals surface area (Å²) in [5, 5.41) is 0.192. The molecule has 5 heteroatoms. The summed E-state index contributed by atoms with van der Waals surface area (Å²) >= 11 is 5.08. The number of carbonyl (C=O) groups is 2. The highest BCUT2D eigenvalue weighted by molar-refractivity contribution is 14.1. The maximum absolute atomic E-state index is 11.5. The molecule has 0 aromatic heterocycles. The van der Waals surface area contributed by atoms with Crippen molar-refractivity contribution in [3.05, 3.63) is 26.8 Å². The minimum absolute atomic E-state index is 0.131. The van der Waals surface area contributed by atoms with Gasteiger partial charge in [-0.2, -0.15) is 0 Å². The summed E-state index contributed by atoms with van der Waals surface area (Å²) in [6, 6.07) is 3.30. The fraction of sp³-hybridized carbons (Fsp3) is 0.200. The van der Waals surface area contributed by atoms with Crippen LogP contribution in [0, 0.1) is 3.57 Å². The van der Waals surface area contributed by atoms with Crippen LogP contribution < -0.4 is 4.74 Å². The Morgan fingerprint density at radius 3 is 2.73 bits per heavy atom. The molecule has 0 saturated carbocycles. The Bertz CT molecular complexity index is 404. The average Bonchev–Trinajstić information content (AvgIpc) is 2.26. The van der Waals surface area contributed by atoms with Gasteiger partial charge in [-0.15, -0.1) is 0 Å². The zero-order chi connectivity index (χ0) is 11.4. The molecule has 0 saturated heterocycles. The van der Waals surface area contributed by atoms with Gasteiger partial charge >= 0.3 is 0 Å². The van der Waals surface area contributed by atoms with Gasteiger partial charge in [-0.1, -0.05) is 15.9 Å². The van der Waals surface area contributed by atoms with Crippen LogP contribution >= 0.6 is 38.5 Å². The molecule has 0 radical (unpaired) electrons. The second-order valence-electron chi connectivity index (χ2n) is 2.75. The Balaban J connectivity index is 3.38. The van der Waals surface area contributed by atoms with Crippen molar-refractivity contribution in [1.82, 2.24) is 0 Å². The average molecular weight is 383 g/mol. The van der Waals surface area contributed by atoms with Crippen LogP contribution in [0.3, 0.4) is 0 Å². The van der Waals surface area contributed by atoms with Crippen molar-refractivity contribution in [2.45, 2.75) is 0 Å². The van der Waals surface area contributed by atoms with E-state index in [2.05, 4.69) is 15.9 Å². The number of carbonyl (C=O) groups excluding carboxylic acids is 2. The number of Topliss-reactive ketones (excluding diaryl/α,β-unsaturated/α-hetero) is 1. The fourth-order valence-electron chi connectivity index (χ4n) is 1.13. The number of halogens is 2. The number of aldehydes is 1. The molecule has 0 spiro atoms. The highest BCUT2D eigenvalue weighted by atomic mass is 127. The van der Waals surface area contributed by atoms with Crippen LogP contribution in [0.25, 0.3) is 0 Å². The lowest BCUT2D eigenvalue weighted by molar-refractivity contribution is 0.101. The van der Waals surface area contributed by atoms with Crippen molar-refractivity contribution in [1.29, 1.82) is 0 Å². The van der Waals surface area contributed by atoms with Crippen LogP contribution in [0.15, 0.2) is 12.1 Å². The third-order valence-electron chi connectivity index (χ3n) is 1.88. The second-order valence-corrected chi connectivity index (χ2v) is 4.47. The van der Waals surface area contributed by atoms with Gasteiger partial charge in [0.1, 0.15) is 5.75 Å². The number of ether oxygens (including phenoxy) is 1. The highest BCUT2D eigenvalue weighted by Crippen LogP contribution is 2.23. The van der Waals surface area contributed by atoms with E-state index in [0.29, 0.717) is 26.7 Å². The highest BCUT2D eigenvalue weighted by Gasteiger charge is 2.14. The Labute approximate surface area is 109 Å². The molecular formula is C10H8BrIO3. The first-order valence-electron chi connectivity index (χ1n) is 4.06. The summed E-state index contributed by atoms with van der Waals surface area (Å²) in [5.74, 6) is 0.447. The number of alkyl halides is 1. The van der Waals surface area contributed by atoms with Crippen LogP contribution in [-0.2, 0) is 0 Å². The first kappa shape index (κ1) is 12.6. The van der Waals surface area contributed by atoms with Crippen molar-refractivity contribution in [3.63, 3.8) is 0 Å². The molecule has 0 heterocycles. The van der Waals surface area contributed by atoms with E-state index in [9.17, 15) is 9.59 Å². The van der Waals surface area contributed by atoms with Crippen molar-refractivity contribution >= 4 is 50.6 Å². The van der Waals surface area contributed by atoms with Crippen LogP contribution in [0.5, 0.6) is 5.75 Å². The molecule has 0 fully saturated rings. The predicted octanol–water partition coefficient (Wildman–Crippen LogP) is 2.69. The molecule has 0 aliphatic carbocycles. The standard InChI is InChI=1S/C10H8BrIO3/c1-15-6-2-7(10(14)4-11)8(5-13)9(12)3-6/h2-3,5H,4H2,1H3. The third-order valence-corrected chi connectivity index (χ3v) is 3.28. The predicted molar refractivity (Wildman–Crippen MR) is 69.2 cm³/mol. The van der Waals surface area contributed by atoms with E-state index in [1.165, 1.54) is 7.11 Å². The summed E-state index contributed by atoms with van der Waals surface area (Å²) < 4.78 is 5.76. The summed E-state index contributed by atoms with van der Waals surface area (Å²) in [5.41, 5.74) is 0.812. The normalized spacial score (nSPS) is 9.80. The maximum Gasteiger partial charge on any atom is 0.174 e. The molecule has 0 aliphatic heterocycles. The van der Waals surface area contributed by atoms with Crippen molar-refractivity contribution < 1.29 is 14.3 Å². The number of hydrogen-bond donors (Lipinski definition) is 0.